The molecule has 0 saturated carbocycles. The Kier molecular flexibility index (Phi) is 12.8. The van der Waals surface area contributed by atoms with Crippen LogP contribution in [0.3, 0.4) is 0 Å². The van der Waals surface area contributed by atoms with E-state index >= 15 is 0 Å². The van der Waals surface area contributed by atoms with Gasteiger partial charge in [0.15, 0.2) is 0 Å². The first-order chi connectivity index (χ1) is 21.4. The van der Waals surface area contributed by atoms with Crippen LogP contribution in [0, 0.1) is 0 Å². The van der Waals surface area contributed by atoms with Gasteiger partial charge in [-0.25, -0.2) is 0 Å². The number of esters is 1. The van der Waals surface area contributed by atoms with Crippen LogP contribution in [0.15, 0.2) is 102 Å². The second-order valence-electron chi connectivity index (χ2n) is 9.99. The first kappa shape index (κ1) is 32.7. The lowest BCUT2D eigenvalue weighted by molar-refractivity contribution is -0.140. The molecule has 0 aromatic heterocycles. The maximum atomic E-state index is 11.3. The fourth-order valence-electron chi connectivity index (χ4n) is 4.54. The Balaban J connectivity index is 0.000000209. The van der Waals surface area contributed by atoms with Crippen LogP contribution in [0.4, 0.5) is 0 Å². The zero-order chi connectivity index (χ0) is 31.1. The normalized spacial score (nSPS) is 12.9. The van der Waals surface area contributed by atoms with Crippen LogP contribution >= 0.6 is 15.9 Å². The summed E-state index contributed by atoms with van der Waals surface area (Å²) in [5.41, 5.74) is 8.95. The maximum absolute atomic E-state index is 11.3. The van der Waals surface area contributed by atoms with Crippen LogP contribution < -0.4 is 15.2 Å². The van der Waals surface area contributed by atoms with E-state index in [0.717, 1.165) is 65.5 Å². The van der Waals surface area contributed by atoms with E-state index in [1.807, 2.05) is 72.8 Å². The van der Waals surface area contributed by atoms with Crippen molar-refractivity contribution in [2.24, 2.45) is 5.73 Å². The number of amides is 1. The number of methoxy groups -OCH3 is 1. The fourth-order valence-corrected chi connectivity index (χ4v) is 4.90. The summed E-state index contributed by atoms with van der Waals surface area (Å²) in [6, 6.07) is 31.2. The molecule has 8 nitrogen and oxygen atoms in total. The van der Waals surface area contributed by atoms with E-state index < -0.39 is 5.91 Å². The van der Waals surface area contributed by atoms with Gasteiger partial charge in [0.1, 0.15) is 23.9 Å². The van der Waals surface area contributed by atoms with Gasteiger partial charge in [0.05, 0.1) is 25.9 Å². The topological polar surface area (TPSA) is 100 Å². The molecule has 0 spiro atoms. The molecule has 1 amide bonds. The van der Waals surface area contributed by atoms with E-state index in [1.54, 1.807) is 12.1 Å². The van der Waals surface area contributed by atoms with Crippen molar-refractivity contribution in [2.75, 3.05) is 46.6 Å². The highest BCUT2D eigenvalue weighted by molar-refractivity contribution is 9.10. The average Bonchev–Trinajstić information content (AvgIpc) is 3.06. The van der Waals surface area contributed by atoms with Crippen molar-refractivity contribution in [1.82, 2.24) is 4.90 Å². The van der Waals surface area contributed by atoms with E-state index in [4.69, 9.17) is 19.9 Å². The number of ether oxygens (including phenoxy) is 4. The summed E-state index contributed by atoms with van der Waals surface area (Å²) in [6.45, 7) is 4.73. The molecule has 1 aliphatic heterocycles. The Labute approximate surface area is 266 Å². The Bertz CT molecular complexity index is 1490. The summed E-state index contributed by atoms with van der Waals surface area (Å²) in [7, 11) is 1.41. The molecular weight excluding hydrogens is 624 g/mol. The number of carbonyl (C=O) groups excluding carboxylic acids is 2. The third-order valence-corrected chi connectivity index (χ3v) is 7.44. The van der Waals surface area contributed by atoms with Crippen LogP contribution in [0.1, 0.15) is 22.3 Å². The number of halogens is 1. The number of aryl methyl sites for hydroxylation is 1. The molecule has 2 N–H and O–H groups in total. The van der Waals surface area contributed by atoms with Gasteiger partial charge in [-0.05, 0) is 53.9 Å². The van der Waals surface area contributed by atoms with Crippen molar-refractivity contribution in [2.45, 2.75) is 12.8 Å². The Morgan fingerprint density at radius 1 is 0.886 bits per heavy atom. The lowest BCUT2D eigenvalue weighted by Gasteiger charge is -2.26. The molecule has 1 fully saturated rings. The van der Waals surface area contributed by atoms with Gasteiger partial charge in [-0.1, -0.05) is 76.6 Å². The van der Waals surface area contributed by atoms with Crippen molar-refractivity contribution < 1.29 is 28.5 Å². The molecule has 1 aliphatic rings. The quantitative estimate of drug-likeness (QED) is 0.183. The number of primary amides is 1. The van der Waals surface area contributed by atoms with Crippen LogP contribution in [0.25, 0.3) is 11.1 Å². The number of morpholine rings is 1. The van der Waals surface area contributed by atoms with Gasteiger partial charge >= 0.3 is 5.97 Å². The minimum atomic E-state index is -0.484. The number of nitrogens with two attached hydrogens (primary N) is 1. The molecule has 4 aromatic rings. The third-order valence-electron chi connectivity index (χ3n) is 6.94. The van der Waals surface area contributed by atoms with Crippen LogP contribution in [0.5, 0.6) is 17.2 Å². The summed E-state index contributed by atoms with van der Waals surface area (Å²) in [4.78, 5) is 24.9. The van der Waals surface area contributed by atoms with Crippen LogP contribution in [-0.4, -0.2) is 63.3 Å². The van der Waals surface area contributed by atoms with E-state index in [-0.39, 0.29) is 5.97 Å². The minimum absolute atomic E-state index is 0.189. The number of nitrogens with zero attached hydrogens (tertiary/aromatic N) is 1. The predicted octanol–water partition coefficient (Wildman–Crippen LogP) is 6.51. The average molecular weight is 662 g/mol. The second kappa shape index (κ2) is 17.2. The summed E-state index contributed by atoms with van der Waals surface area (Å²) in [6.07, 6.45) is 1.07. The van der Waals surface area contributed by atoms with E-state index in [9.17, 15) is 9.59 Å². The van der Waals surface area contributed by atoms with Gasteiger partial charge in [-0.2, -0.15) is 0 Å². The van der Waals surface area contributed by atoms with Gasteiger partial charge in [0.25, 0.3) is 5.91 Å². The van der Waals surface area contributed by atoms with Crippen LogP contribution in [0.2, 0.25) is 0 Å². The first-order valence-corrected chi connectivity index (χ1v) is 15.2. The molecule has 5 rings (SSSR count). The van der Waals surface area contributed by atoms with Gasteiger partial charge in [-0.15, -0.1) is 0 Å². The summed E-state index contributed by atoms with van der Waals surface area (Å²) < 4.78 is 22.4. The Morgan fingerprint density at radius 3 is 2.30 bits per heavy atom. The van der Waals surface area contributed by atoms with E-state index in [1.165, 1.54) is 7.11 Å². The SMILES string of the molecule is COC(=O)CCc1ccc(-c2ccccc2Oc2ccccc2)cc1.NC(=O)c1cc(Br)ccc1OCCN1CCOCC1. The van der Waals surface area contributed by atoms with E-state index in [0.29, 0.717) is 30.8 Å². The van der Waals surface area contributed by atoms with Crippen molar-refractivity contribution in [1.29, 1.82) is 0 Å². The first-order valence-electron chi connectivity index (χ1n) is 14.4. The van der Waals surface area contributed by atoms with Crippen molar-refractivity contribution >= 4 is 27.8 Å². The molecule has 1 saturated heterocycles. The number of hydrogen-bond acceptors (Lipinski definition) is 7. The number of hydrogen-bond donors (Lipinski definition) is 1. The molecule has 0 unspecified atom stereocenters. The molecule has 0 bridgehead atoms. The monoisotopic (exact) mass is 660 g/mol. The van der Waals surface area contributed by atoms with Gasteiger partial charge < -0.3 is 24.7 Å². The van der Waals surface area contributed by atoms with Gasteiger partial charge in [-0.3, -0.25) is 14.5 Å². The zero-order valence-corrected chi connectivity index (χ0v) is 26.3. The molecule has 1 heterocycles. The lowest BCUT2D eigenvalue weighted by atomic mass is 10.0. The molecule has 0 radical (unpaired) electrons. The van der Waals surface area contributed by atoms with Crippen LogP contribution in [-0.2, 0) is 20.7 Å². The Hall–Kier alpha value is -4.18. The molecule has 9 heteroatoms. The summed E-state index contributed by atoms with van der Waals surface area (Å²) in [5, 5.41) is 0. The molecule has 44 heavy (non-hydrogen) atoms. The van der Waals surface area contributed by atoms with E-state index in [2.05, 4.69) is 37.7 Å². The zero-order valence-electron chi connectivity index (χ0n) is 24.7. The largest absolute Gasteiger partial charge is 0.491 e. The molecule has 0 atom stereocenters. The second-order valence-corrected chi connectivity index (χ2v) is 10.9. The maximum Gasteiger partial charge on any atom is 0.305 e. The van der Waals surface area contributed by atoms with Crippen molar-refractivity contribution in [3.63, 3.8) is 0 Å². The minimum Gasteiger partial charge on any atom is -0.491 e. The highest BCUT2D eigenvalue weighted by Crippen LogP contribution is 2.33. The summed E-state index contributed by atoms with van der Waals surface area (Å²) >= 11 is 3.31. The third kappa shape index (κ3) is 10.2. The number of rotatable bonds is 11. The van der Waals surface area contributed by atoms with Crippen molar-refractivity contribution in [3.8, 4) is 28.4 Å². The molecule has 230 valence electrons. The molecular formula is C35H37BrN2O6. The van der Waals surface area contributed by atoms with Crippen molar-refractivity contribution in [3.05, 3.63) is 113 Å². The fraction of sp³-hybridized carbons (Fsp3) is 0.257. The lowest BCUT2D eigenvalue weighted by Crippen LogP contribution is -2.38. The summed E-state index contributed by atoms with van der Waals surface area (Å²) in [5.74, 6) is 1.48. The Morgan fingerprint density at radius 2 is 1.59 bits per heavy atom. The predicted molar refractivity (Wildman–Crippen MR) is 174 cm³/mol. The smallest absolute Gasteiger partial charge is 0.305 e. The number of carbonyl (C=O) groups is 2. The molecule has 0 aliphatic carbocycles. The van der Waals surface area contributed by atoms with Gasteiger partial charge in [0.2, 0.25) is 0 Å². The molecule has 4 aromatic carbocycles. The highest BCUT2D eigenvalue weighted by atomic mass is 79.9. The van der Waals surface area contributed by atoms with Gasteiger partial charge in [0, 0.05) is 36.1 Å². The number of benzene rings is 4. The highest BCUT2D eigenvalue weighted by Gasteiger charge is 2.13. The standard InChI is InChI=1S/C22H20O3.C13H17BrN2O3/c1-24-22(23)16-13-17-11-14-18(15-12-17)20-9-5-6-10-21(20)25-19-7-3-2-4-8-19;14-10-1-2-12(11(9-10)13(15)17)19-8-5-16-3-6-18-7-4-16/h2-12,14-15H,13,16H2,1H3;1-2,9H,3-8H2,(H2,15,17). The number of para-hydroxylation sites is 2.